The molecule has 0 amide bonds. The molecular weight excluding hydrogens is 719 g/mol. The Morgan fingerprint density at radius 3 is 1.26 bits per heavy atom. The molecule has 0 aliphatic carbocycles. The van der Waals surface area contributed by atoms with Crippen LogP contribution < -0.4 is 10.6 Å². The molecule has 0 saturated heterocycles. The SMILES string of the molecule is CCCCCCCCCc1ccc(OCCOCCOCCOCCOCCOCCOCCOCCOS(=O)(=O)ON)c(CCCCCCCCC)c1. The molecule has 1 rings (SSSR count). The van der Waals surface area contributed by atoms with Crippen LogP contribution in [0.1, 0.15) is 115 Å². The summed E-state index contributed by atoms with van der Waals surface area (Å²) in [5, 5.41) is 0. The van der Waals surface area contributed by atoms with Gasteiger partial charge in [-0.15, -0.1) is 0 Å². The van der Waals surface area contributed by atoms with Crippen molar-refractivity contribution in [3.8, 4) is 5.75 Å². The van der Waals surface area contributed by atoms with Gasteiger partial charge in [0.2, 0.25) is 0 Å². The number of rotatable bonds is 43. The highest BCUT2D eigenvalue weighted by molar-refractivity contribution is 7.81. The molecule has 0 aromatic heterocycles. The maximum Gasteiger partial charge on any atom is 0.415 e. The fraction of sp³-hybridized carbons (Fsp3) is 0.850. The van der Waals surface area contributed by atoms with Crippen molar-refractivity contribution >= 4 is 10.4 Å². The number of nitrogens with two attached hydrogens (primary N) is 1. The first-order valence-electron chi connectivity index (χ1n) is 20.6. The fourth-order valence-corrected chi connectivity index (χ4v) is 5.87. The Morgan fingerprint density at radius 2 is 0.833 bits per heavy atom. The highest BCUT2D eigenvalue weighted by Gasteiger charge is 2.09. The molecule has 0 aliphatic heterocycles. The molecule has 0 bridgehead atoms. The normalized spacial score (nSPS) is 11.8. The molecule has 54 heavy (non-hydrogen) atoms. The van der Waals surface area contributed by atoms with Crippen LogP contribution in [0, 0.1) is 0 Å². The molecule has 0 radical (unpaired) electrons. The zero-order valence-electron chi connectivity index (χ0n) is 33.7. The van der Waals surface area contributed by atoms with Crippen LogP contribution in [0.15, 0.2) is 18.2 Å². The van der Waals surface area contributed by atoms with E-state index in [2.05, 4.69) is 46.4 Å². The second kappa shape index (κ2) is 38.4. The van der Waals surface area contributed by atoms with Crippen molar-refractivity contribution < 1.29 is 54.8 Å². The van der Waals surface area contributed by atoms with Gasteiger partial charge in [0.15, 0.2) is 0 Å². The minimum absolute atomic E-state index is 0.0672. The molecule has 0 atom stereocenters. The van der Waals surface area contributed by atoms with Gasteiger partial charge in [0.25, 0.3) is 0 Å². The van der Waals surface area contributed by atoms with Gasteiger partial charge in [0.1, 0.15) is 12.4 Å². The van der Waals surface area contributed by atoms with Gasteiger partial charge in [-0.05, 0) is 42.9 Å². The summed E-state index contributed by atoms with van der Waals surface area (Å²) in [4.78, 5) is 0. The first-order valence-corrected chi connectivity index (χ1v) is 21.9. The molecule has 2 N–H and O–H groups in total. The van der Waals surface area contributed by atoms with Crippen molar-refractivity contribution in [2.24, 2.45) is 5.90 Å². The van der Waals surface area contributed by atoms with E-state index in [0.29, 0.717) is 92.5 Å². The molecule has 0 saturated carbocycles. The standard InChI is InChI=1S/C40H75NO12S/c1-3-5-7-9-11-13-15-17-38-19-20-40(39(37-38)18-16-14-12-10-8-6-4-2)51-35-33-49-31-29-47-27-25-45-23-21-44-22-24-46-26-28-48-30-32-50-34-36-52-54(42,43)53-41/h19-20,37H,3-18,21-36,41H2,1-2H3. The lowest BCUT2D eigenvalue weighted by atomic mass is 9.99. The van der Waals surface area contributed by atoms with Crippen LogP contribution in [-0.2, 0) is 64.9 Å². The Hall–Kier alpha value is -1.43. The Balaban J connectivity index is 2.02. The molecule has 0 aliphatic rings. The zero-order chi connectivity index (χ0) is 39.1. The third kappa shape index (κ3) is 32.8. The van der Waals surface area contributed by atoms with Crippen LogP contribution >= 0.6 is 0 Å². The van der Waals surface area contributed by atoms with Gasteiger partial charge in [-0.1, -0.05) is 103 Å². The summed E-state index contributed by atoms with van der Waals surface area (Å²) in [5.74, 6) is 5.55. The smallest absolute Gasteiger partial charge is 0.415 e. The summed E-state index contributed by atoms with van der Waals surface area (Å²) in [5.41, 5.74) is 2.78. The van der Waals surface area contributed by atoms with Gasteiger partial charge in [-0.25, -0.2) is 4.18 Å². The summed E-state index contributed by atoms with van der Waals surface area (Å²) < 4.78 is 74.3. The summed E-state index contributed by atoms with van der Waals surface area (Å²) in [7, 11) is -4.14. The summed E-state index contributed by atoms with van der Waals surface area (Å²) in [6.07, 6.45) is 20.8. The molecule has 0 heterocycles. The van der Waals surface area contributed by atoms with E-state index < -0.39 is 10.4 Å². The van der Waals surface area contributed by atoms with Gasteiger partial charge in [0, 0.05) is 0 Å². The third-order valence-electron chi connectivity index (χ3n) is 8.53. The van der Waals surface area contributed by atoms with E-state index in [4.69, 9.17) is 37.9 Å². The van der Waals surface area contributed by atoms with E-state index in [9.17, 15) is 8.42 Å². The minimum atomic E-state index is -4.14. The van der Waals surface area contributed by atoms with E-state index in [1.807, 2.05) is 0 Å². The lowest BCUT2D eigenvalue weighted by molar-refractivity contribution is -0.0219. The van der Waals surface area contributed by atoms with E-state index in [1.54, 1.807) is 0 Å². The molecule has 13 nitrogen and oxygen atoms in total. The molecule has 1 aromatic rings. The van der Waals surface area contributed by atoms with Crippen molar-refractivity contribution in [2.45, 2.75) is 117 Å². The largest absolute Gasteiger partial charge is 0.491 e. The molecule has 0 unspecified atom stereocenters. The highest BCUT2D eigenvalue weighted by atomic mass is 32.3. The fourth-order valence-electron chi connectivity index (χ4n) is 5.54. The predicted molar refractivity (Wildman–Crippen MR) is 211 cm³/mol. The third-order valence-corrected chi connectivity index (χ3v) is 9.23. The van der Waals surface area contributed by atoms with Crippen molar-refractivity contribution in [3.05, 3.63) is 29.3 Å². The Bertz CT molecular complexity index is 1050. The monoisotopic (exact) mass is 794 g/mol. The maximum absolute atomic E-state index is 10.8. The van der Waals surface area contributed by atoms with Crippen LogP contribution in [0.5, 0.6) is 5.75 Å². The molecule has 14 heteroatoms. The van der Waals surface area contributed by atoms with Crippen molar-refractivity contribution in [2.75, 3.05) is 106 Å². The second-order valence-corrected chi connectivity index (χ2v) is 14.4. The number of unbranched alkanes of at least 4 members (excludes halogenated alkanes) is 12. The van der Waals surface area contributed by atoms with E-state index >= 15 is 0 Å². The maximum atomic E-state index is 10.8. The van der Waals surface area contributed by atoms with E-state index in [0.717, 1.165) is 18.6 Å². The minimum Gasteiger partial charge on any atom is -0.491 e. The lowest BCUT2D eigenvalue weighted by Gasteiger charge is -2.14. The van der Waals surface area contributed by atoms with Gasteiger partial charge < -0.3 is 37.9 Å². The summed E-state index contributed by atoms with van der Waals surface area (Å²) >= 11 is 0. The van der Waals surface area contributed by atoms with Crippen LogP contribution in [0.4, 0.5) is 0 Å². The number of aryl methyl sites for hydroxylation is 2. The Morgan fingerprint density at radius 1 is 0.463 bits per heavy atom. The average Bonchev–Trinajstić information content (AvgIpc) is 3.17. The molecule has 0 fully saturated rings. The summed E-state index contributed by atoms with van der Waals surface area (Å²) in [6.45, 7) is 10.8. The summed E-state index contributed by atoms with van der Waals surface area (Å²) in [6, 6.07) is 6.82. The first kappa shape index (κ1) is 50.6. The number of hydrogen-bond acceptors (Lipinski definition) is 13. The van der Waals surface area contributed by atoms with Crippen LogP contribution in [-0.4, -0.2) is 114 Å². The van der Waals surface area contributed by atoms with E-state index in [-0.39, 0.29) is 13.2 Å². The Labute approximate surface area is 327 Å². The Kier molecular flexibility index (Phi) is 36.0. The average molecular weight is 794 g/mol. The highest BCUT2D eigenvalue weighted by Crippen LogP contribution is 2.24. The van der Waals surface area contributed by atoms with Gasteiger partial charge in [-0.3, -0.25) is 0 Å². The molecular formula is C40H75NO12S. The number of hydrogen-bond donors (Lipinski definition) is 1. The lowest BCUT2D eigenvalue weighted by Crippen LogP contribution is -2.18. The zero-order valence-corrected chi connectivity index (χ0v) is 34.6. The molecule has 0 spiro atoms. The predicted octanol–water partition coefficient (Wildman–Crippen LogP) is 6.92. The van der Waals surface area contributed by atoms with Gasteiger partial charge in [0.05, 0.1) is 99.1 Å². The molecule has 1 aromatic carbocycles. The topological polar surface area (TPSA) is 152 Å². The second-order valence-electron chi connectivity index (χ2n) is 13.1. The van der Waals surface area contributed by atoms with E-state index in [1.165, 1.54) is 101 Å². The first-order chi connectivity index (χ1) is 26.5. The van der Waals surface area contributed by atoms with Crippen molar-refractivity contribution in [1.29, 1.82) is 0 Å². The van der Waals surface area contributed by atoms with Gasteiger partial charge >= 0.3 is 10.4 Å². The number of benzene rings is 1. The van der Waals surface area contributed by atoms with Crippen molar-refractivity contribution in [1.82, 2.24) is 0 Å². The molecule has 318 valence electrons. The van der Waals surface area contributed by atoms with Gasteiger partial charge in [-0.2, -0.15) is 18.6 Å². The van der Waals surface area contributed by atoms with Crippen LogP contribution in [0.25, 0.3) is 0 Å². The van der Waals surface area contributed by atoms with Crippen LogP contribution in [0.2, 0.25) is 0 Å². The quantitative estimate of drug-likeness (QED) is 0.0539. The van der Waals surface area contributed by atoms with Crippen LogP contribution in [0.3, 0.4) is 0 Å². The number of ether oxygens (including phenoxy) is 8. The van der Waals surface area contributed by atoms with Crippen molar-refractivity contribution in [3.63, 3.8) is 0 Å².